The highest BCUT2D eigenvalue weighted by molar-refractivity contribution is 7.99. The van der Waals surface area contributed by atoms with Gasteiger partial charge in [-0.2, -0.15) is 0 Å². The summed E-state index contributed by atoms with van der Waals surface area (Å²) in [5.74, 6) is 0. The second-order valence-corrected chi connectivity index (χ2v) is 6.50. The summed E-state index contributed by atoms with van der Waals surface area (Å²) in [7, 11) is 0. The summed E-state index contributed by atoms with van der Waals surface area (Å²) in [6.45, 7) is 3.73. The molecular formula is C14H17ClN4OS. The maximum absolute atomic E-state index is 11.7. The molecule has 1 fully saturated rings. The maximum Gasteiger partial charge on any atom is 0.344 e. The Bertz CT molecular complexity index is 693. The fourth-order valence-corrected chi connectivity index (χ4v) is 3.37. The van der Waals surface area contributed by atoms with Crippen molar-refractivity contribution in [3.05, 3.63) is 39.3 Å². The SMILES string of the molecule is CCNCc1ccc(Sc2n[nH]c(=O)n2C2CC2)cc1Cl. The largest absolute Gasteiger partial charge is 0.344 e. The van der Waals surface area contributed by atoms with E-state index in [9.17, 15) is 4.79 Å². The van der Waals surface area contributed by atoms with E-state index in [0.29, 0.717) is 11.2 Å². The molecule has 1 aliphatic rings. The van der Waals surface area contributed by atoms with Crippen molar-refractivity contribution >= 4 is 23.4 Å². The first-order valence-corrected chi connectivity index (χ1v) is 8.22. The summed E-state index contributed by atoms with van der Waals surface area (Å²) in [6.07, 6.45) is 2.10. The van der Waals surface area contributed by atoms with Gasteiger partial charge in [-0.3, -0.25) is 4.57 Å². The van der Waals surface area contributed by atoms with E-state index in [1.165, 1.54) is 11.8 Å². The lowest BCUT2D eigenvalue weighted by molar-refractivity contribution is 0.642. The molecule has 0 amide bonds. The molecule has 0 radical (unpaired) electrons. The van der Waals surface area contributed by atoms with Crippen LogP contribution in [0.25, 0.3) is 0 Å². The second-order valence-electron chi connectivity index (χ2n) is 5.05. The summed E-state index contributed by atoms with van der Waals surface area (Å²) < 4.78 is 1.74. The molecule has 1 aliphatic carbocycles. The van der Waals surface area contributed by atoms with Gasteiger partial charge in [0, 0.05) is 22.5 Å². The van der Waals surface area contributed by atoms with Gasteiger partial charge in [0.15, 0.2) is 5.16 Å². The van der Waals surface area contributed by atoms with Crippen LogP contribution in [-0.4, -0.2) is 21.3 Å². The van der Waals surface area contributed by atoms with E-state index in [0.717, 1.165) is 41.4 Å². The van der Waals surface area contributed by atoms with E-state index < -0.39 is 0 Å². The summed E-state index contributed by atoms with van der Waals surface area (Å²) in [5.41, 5.74) is 0.944. The van der Waals surface area contributed by atoms with Crippen LogP contribution in [0.15, 0.2) is 33.0 Å². The normalized spacial score (nSPS) is 14.6. The number of benzene rings is 1. The lowest BCUT2D eigenvalue weighted by atomic mass is 10.2. The Hall–Kier alpha value is -1.24. The number of nitrogens with zero attached hydrogens (tertiary/aromatic N) is 2. The molecule has 0 spiro atoms. The van der Waals surface area contributed by atoms with Crippen LogP contribution in [0.5, 0.6) is 0 Å². The smallest absolute Gasteiger partial charge is 0.313 e. The molecule has 1 saturated carbocycles. The quantitative estimate of drug-likeness (QED) is 0.857. The summed E-state index contributed by atoms with van der Waals surface area (Å²) >= 11 is 7.77. The van der Waals surface area contributed by atoms with Crippen LogP contribution in [-0.2, 0) is 6.54 Å². The molecule has 112 valence electrons. The van der Waals surface area contributed by atoms with Crippen molar-refractivity contribution in [3.8, 4) is 0 Å². The Morgan fingerprint density at radius 1 is 1.52 bits per heavy atom. The lowest BCUT2D eigenvalue weighted by Crippen LogP contribution is -2.16. The van der Waals surface area contributed by atoms with E-state index in [1.807, 2.05) is 18.2 Å². The number of rotatable bonds is 6. The summed E-state index contributed by atoms with van der Waals surface area (Å²) in [6, 6.07) is 6.26. The molecule has 0 saturated heterocycles. The van der Waals surface area contributed by atoms with Gasteiger partial charge in [-0.1, -0.05) is 24.6 Å². The average molecular weight is 325 g/mol. The Labute approximate surface area is 132 Å². The highest BCUT2D eigenvalue weighted by atomic mass is 35.5. The van der Waals surface area contributed by atoms with Crippen LogP contribution in [0.2, 0.25) is 5.02 Å². The molecule has 5 nitrogen and oxygen atoms in total. The molecule has 1 heterocycles. The molecule has 0 unspecified atom stereocenters. The number of aromatic amines is 1. The Morgan fingerprint density at radius 3 is 3.00 bits per heavy atom. The van der Waals surface area contributed by atoms with Crippen LogP contribution in [0.4, 0.5) is 0 Å². The molecule has 1 aromatic heterocycles. The van der Waals surface area contributed by atoms with Crippen LogP contribution in [0, 0.1) is 0 Å². The monoisotopic (exact) mass is 324 g/mol. The number of hydrogen-bond donors (Lipinski definition) is 2. The predicted molar refractivity (Wildman–Crippen MR) is 84.1 cm³/mol. The van der Waals surface area contributed by atoms with Gasteiger partial charge < -0.3 is 5.32 Å². The third kappa shape index (κ3) is 3.33. The molecular weight excluding hydrogens is 308 g/mol. The minimum atomic E-state index is -0.130. The molecule has 0 bridgehead atoms. The fourth-order valence-electron chi connectivity index (χ4n) is 2.12. The Balaban J connectivity index is 1.79. The van der Waals surface area contributed by atoms with Crippen LogP contribution < -0.4 is 11.0 Å². The first-order valence-electron chi connectivity index (χ1n) is 7.03. The van der Waals surface area contributed by atoms with Gasteiger partial charge in [0.25, 0.3) is 0 Å². The third-order valence-corrected chi connectivity index (χ3v) is 4.70. The zero-order valence-electron chi connectivity index (χ0n) is 11.7. The van der Waals surface area contributed by atoms with E-state index >= 15 is 0 Å². The number of nitrogens with one attached hydrogen (secondary N) is 2. The number of hydrogen-bond acceptors (Lipinski definition) is 4. The van der Waals surface area contributed by atoms with Crippen molar-refractivity contribution in [2.75, 3.05) is 6.54 Å². The molecule has 0 aliphatic heterocycles. The Kier molecular flexibility index (Phi) is 4.37. The lowest BCUT2D eigenvalue weighted by Gasteiger charge is -2.08. The second kappa shape index (κ2) is 6.25. The van der Waals surface area contributed by atoms with Crippen molar-refractivity contribution < 1.29 is 0 Å². The summed E-state index contributed by atoms with van der Waals surface area (Å²) in [4.78, 5) is 12.7. The fraction of sp³-hybridized carbons (Fsp3) is 0.429. The molecule has 1 aromatic carbocycles. The van der Waals surface area contributed by atoms with E-state index in [1.54, 1.807) is 4.57 Å². The molecule has 0 atom stereocenters. The summed E-state index contributed by atoms with van der Waals surface area (Å²) in [5, 5.41) is 11.3. The molecule has 7 heteroatoms. The number of halogens is 1. The highest BCUT2D eigenvalue weighted by Crippen LogP contribution is 2.38. The van der Waals surface area contributed by atoms with Crippen LogP contribution in [0.3, 0.4) is 0 Å². The van der Waals surface area contributed by atoms with Gasteiger partial charge in [0.05, 0.1) is 0 Å². The standard InChI is InChI=1S/C14H17ClN4OS/c1-2-16-8-9-3-6-11(7-12(9)15)21-14-18-17-13(20)19(14)10-4-5-10/h3,6-7,10,16H,2,4-5,8H2,1H3,(H,17,20). The van der Waals surface area contributed by atoms with E-state index in [-0.39, 0.29) is 5.69 Å². The van der Waals surface area contributed by atoms with Crippen molar-refractivity contribution in [3.63, 3.8) is 0 Å². The number of aromatic nitrogens is 3. The van der Waals surface area contributed by atoms with Crippen LogP contribution in [0.1, 0.15) is 31.4 Å². The van der Waals surface area contributed by atoms with Gasteiger partial charge in [-0.05, 0) is 48.8 Å². The first-order chi connectivity index (χ1) is 10.2. The van der Waals surface area contributed by atoms with Gasteiger partial charge >= 0.3 is 5.69 Å². The minimum Gasteiger partial charge on any atom is -0.313 e. The van der Waals surface area contributed by atoms with Crippen molar-refractivity contribution in [1.82, 2.24) is 20.1 Å². The maximum atomic E-state index is 11.7. The van der Waals surface area contributed by atoms with Crippen LogP contribution >= 0.6 is 23.4 Å². The van der Waals surface area contributed by atoms with Gasteiger partial charge in [-0.15, -0.1) is 5.10 Å². The zero-order valence-corrected chi connectivity index (χ0v) is 13.3. The molecule has 21 heavy (non-hydrogen) atoms. The minimum absolute atomic E-state index is 0.130. The van der Waals surface area contributed by atoms with E-state index in [4.69, 9.17) is 11.6 Å². The number of H-pyrrole nitrogens is 1. The van der Waals surface area contributed by atoms with Gasteiger partial charge in [-0.25, -0.2) is 9.89 Å². The molecule has 3 rings (SSSR count). The van der Waals surface area contributed by atoms with Gasteiger partial charge in [0.2, 0.25) is 0 Å². The Morgan fingerprint density at radius 2 is 2.33 bits per heavy atom. The first kappa shape index (κ1) is 14.7. The highest BCUT2D eigenvalue weighted by Gasteiger charge is 2.28. The van der Waals surface area contributed by atoms with Crippen molar-refractivity contribution in [1.29, 1.82) is 0 Å². The average Bonchev–Trinajstić information content (AvgIpc) is 3.23. The van der Waals surface area contributed by atoms with Crippen molar-refractivity contribution in [2.45, 2.75) is 42.4 Å². The zero-order chi connectivity index (χ0) is 14.8. The predicted octanol–water partition coefficient (Wildman–Crippen LogP) is 2.82. The molecule has 2 aromatic rings. The van der Waals surface area contributed by atoms with Gasteiger partial charge in [0.1, 0.15) is 0 Å². The topological polar surface area (TPSA) is 62.7 Å². The third-order valence-electron chi connectivity index (χ3n) is 3.38. The van der Waals surface area contributed by atoms with E-state index in [2.05, 4.69) is 22.4 Å². The van der Waals surface area contributed by atoms with Crippen molar-refractivity contribution in [2.24, 2.45) is 0 Å². The molecule has 2 N–H and O–H groups in total.